The molecule has 1 nitrogen and oxygen atoms in total. The van der Waals surface area contributed by atoms with E-state index in [2.05, 4.69) is 133 Å². The average Bonchev–Trinajstić information content (AvgIpc) is 2.82. The van der Waals surface area contributed by atoms with Crippen molar-refractivity contribution in [3.63, 3.8) is 0 Å². The molecule has 0 amide bonds. The molecule has 3 rings (SSSR count). The van der Waals surface area contributed by atoms with Gasteiger partial charge in [0.05, 0.1) is 6.16 Å². The van der Waals surface area contributed by atoms with E-state index >= 15 is 0 Å². The maximum Gasteiger partial charge on any atom is 0.200 e. The summed E-state index contributed by atoms with van der Waals surface area (Å²) >= 11 is 0. The van der Waals surface area contributed by atoms with Gasteiger partial charge in [0.25, 0.3) is 0 Å². The van der Waals surface area contributed by atoms with Gasteiger partial charge in [-0.05, 0) is 53.0 Å². The van der Waals surface area contributed by atoms with Crippen molar-refractivity contribution in [3.05, 3.63) is 91.0 Å². The van der Waals surface area contributed by atoms with Gasteiger partial charge in [-0.3, -0.25) is 0 Å². The Bertz CT molecular complexity index is 842. The van der Waals surface area contributed by atoms with Crippen LogP contribution >= 0.6 is 7.26 Å². The molecular formula is C30H42BrOPSi. The molecule has 0 aliphatic carbocycles. The number of halogens is 1. The van der Waals surface area contributed by atoms with Crippen LogP contribution < -0.4 is 32.9 Å². The van der Waals surface area contributed by atoms with E-state index in [4.69, 9.17) is 4.43 Å². The van der Waals surface area contributed by atoms with E-state index in [1.165, 1.54) is 15.9 Å². The van der Waals surface area contributed by atoms with Crippen molar-refractivity contribution < 1.29 is 21.4 Å². The molecule has 0 heterocycles. The molecule has 0 spiro atoms. The summed E-state index contributed by atoms with van der Waals surface area (Å²) in [7, 11) is -3.62. The second-order valence-corrected chi connectivity index (χ2v) is 19.1. The Hall–Kier alpha value is -1.25. The Labute approximate surface area is 220 Å². The molecule has 0 unspecified atom stereocenters. The lowest BCUT2D eigenvalue weighted by Gasteiger charge is -2.42. The molecule has 3 aromatic carbocycles. The zero-order valence-corrected chi connectivity index (χ0v) is 25.2. The summed E-state index contributed by atoms with van der Waals surface area (Å²) in [6.07, 6.45) is 2.21. The summed E-state index contributed by atoms with van der Waals surface area (Å²) in [5.74, 6) is 0. The summed E-state index contributed by atoms with van der Waals surface area (Å²) in [6.45, 7) is 15.1. The van der Waals surface area contributed by atoms with E-state index < -0.39 is 15.6 Å². The fourth-order valence-electron chi connectivity index (χ4n) is 5.93. The Morgan fingerprint density at radius 1 is 0.588 bits per heavy atom. The fourth-order valence-corrected chi connectivity index (χ4v) is 15.7. The first-order chi connectivity index (χ1) is 15.9. The van der Waals surface area contributed by atoms with Crippen molar-refractivity contribution in [2.45, 2.75) is 64.6 Å². The highest BCUT2D eigenvalue weighted by Gasteiger charge is 2.47. The Morgan fingerprint density at radius 3 is 1.21 bits per heavy atom. The molecule has 0 saturated carbocycles. The second kappa shape index (κ2) is 13.2. The van der Waals surface area contributed by atoms with Crippen LogP contribution in [0.5, 0.6) is 0 Å². The smallest absolute Gasteiger partial charge is 0.200 e. The monoisotopic (exact) mass is 556 g/mol. The Balaban J connectivity index is 0.00000408. The molecule has 0 aliphatic rings. The third kappa shape index (κ3) is 5.93. The van der Waals surface area contributed by atoms with Crippen molar-refractivity contribution in [3.8, 4) is 0 Å². The highest BCUT2D eigenvalue weighted by molar-refractivity contribution is 7.95. The van der Waals surface area contributed by atoms with Crippen LogP contribution in [0, 0.1) is 0 Å². The van der Waals surface area contributed by atoms with Crippen LogP contribution in [0.4, 0.5) is 0 Å². The van der Waals surface area contributed by atoms with Crippen LogP contribution in [0.25, 0.3) is 0 Å². The number of hydrogen-bond donors (Lipinski definition) is 0. The van der Waals surface area contributed by atoms with Crippen molar-refractivity contribution >= 4 is 31.5 Å². The van der Waals surface area contributed by atoms with Gasteiger partial charge in [-0.15, -0.1) is 0 Å². The van der Waals surface area contributed by atoms with Crippen LogP contribution in [0.2, 0.25) is 16.6 Å². The van der Waals surface area contributed by atoms with Crippen LogP contribution in [0.15, 0.2) is 91.0 Å². The predicted octanol–water partition coefficient (Wildman–Crippen LogP) is 4.57. The normalized spacial score (nSPS) is 12.3. The van der Waals surface area contributed by atoms with E-state index in [1.54, 1.807) is 0 Å². The molecular weight excluding hydrogens is 515 g/mol. The molecule has 0 radical (unpaired) electrons. The summed E-state index contributed by atoms with van der Waals surface area (Å²) in [6, 6.07) is 33.6. The average molecular weight is 558 g/mol. The van der Waals surface area contributed by atoms with Gasteiger partial charge in [-0.1, -0.05) is 96.1 Å². The predicted molar refractivity (Wildman–Crippen MR) is 152 cm³/mol. The Kier molecular flexibility index (Phi) is 11.2. The van der Waals surface area contributed by atoms with Crippen molar-refractivity contribution in [2.24, 2.45) is 0 Å². The molecule has 0 aromatic heterocycles. The molecule has 0 bridgehead atoms. The van der Waals surface area contributed by atoms with Gasteiger partial charge in [0.1, 0.15) is 23.2 Å². The minimum absolute atomic E-state index is 0. The van der Waals surface area contributed by atoms with Crippen molar-refractivity contribution in [1.29, 1.82) is 0 Å². The summed E-state index contributed by atoms with van der Waals surface area (Å²) in [5.41, 5.74) is 1.86. The SMILES string of the molecule is CC(C)[Si](OCCC[P+](c1ccccc1)(c1ccccc1)c1ccccc1)(C(C)C)C(C)C.[Br-]. The van der Waals surface area contributed by atoms with Crippen LogP contribution in [-0.4, -0.2) is 21.1 Å². The van der Waals surface area contributed by atoms with Crippen molar-refractivity contribution in [1.82, 2.24) is 0 Å². The van der Waals surface area contributed by atoms with E-state index in [-0.39, 0.29) is 17.0 Å². The second-order valence-electron chi connectivity index (χ2n) is 10.1. The van der Waals surface area contributed by atoms with Gasteiger partial charge < -0.3 is 21.4 Å². The first kappa shape index (κ1) is 29.0. The lowest BCUT2D eigenvalue weighted by atomic mass is 10.4. The largest absolute Gasteiger partial charge is 1.00 e. The maximum atomic E-state index is 6.97. The van der Waals surface area contributed by atoms with Crippen LogP contribution in [0.3, 0.4) is 0 Å². The van der Waals surface area contributed by atoms with E-state index in [0.717, 1.165) is 19.2 Å². The topological polar surface area (TPSA) is 9.23 Å². The molecule has 3 aromatic rings. The molecule has 0 fully saturated rings. The molecule has 0 atom stereocenters. The lowest BCUT2D eigenvalue weighted by molar-refractivity contribution is -0.00000754. The van der Waals surface area contributed by atoms with Gasteiger partial charge in [-0.25, -0.2) is 0 Å². The zero-order valence-electron chi connectivity index (χ0n) is 21.7. The standard InChI is InChI=1S/C30H42OPSi.BrH/c1-25(2)33(26(3)4,27(5)6)31-23-16-24-32(28-17-10-7-11-18-28,29-19-12-8-13-20-29)30-21-14-9-15-22-30;/h7-15,17-22,25-27H,16,23-24H2,1-6H3;1H/q+1;/p-1. The minimum atomic E-state index is -1.85. The first-order valence-electron chi connectivity index (χ1n) is 12.5. The number of hydrogen-bond acceptors (Lipinski definition) is 1. The van der Waals surface area contributed by atoms with Gasteiger partial charge in [-0.2, -0.15) is 0 Å². The maximum absolute atomic E-state index is 6.97. The molecule has 184 valence electrons. The molecule has 34 heavy (non-hydrogen) atoms. The van der Waals surface area contributed by atoms with Gasteiger partial charge in [0, 0.05) is 13.0 Å². The van der Waals surface area contributed by atoms with Gasteiger partial charge >= 0.3 is 0 Å². The highest BCUT2D eigenvalue weighted by Crippen LogP contribution is 2.56. The van der Waals surface area contributed by atoms with Crippen LogP contribution in [-0.2, 0) is 4.43 Å². The van der Waals surface area contributed by atoms with E-state index in [0.29, 0.717) is 16.6 Å². The highest BCUT2D eigenvalue weighted by atomic mass is 79.9. The third-order valence-electron chi connectivity index (χ3n) is 7.29. The number of rotatable bonds is 11. The van der Waals surface area contributed by atoms with Gasteiger partial charge in [0.15, 0.2) is 8.32 Å². The first-order valence-corrected chi connectivity index (χ1v) is 16.7. The van der Waals surface area contributed by atoms with Gasteiger partial charge in [0.2, 0.25) is 0 Å². The summed E-state index contributed by atoms with van der Waals surface area (Å²) in [5, 5.41) is 4.38. The molecule has 0 aliphatic heterocycles. The summed E-state index contributed by atoms with van der Waals surface area (Å²) < 4.78 is 6.97. The molecule has 0 saturated heterocycles. The summed E-state index contributed by atoms with van der Waals surface area (Å²) in [4.78, 5) is 0. The van der Waals surface area contributed by atoms with E-state index in [9.17, 15) is 0 Å². The minimum Gasteiger partial charge on any atom is -1.00 e. The molecule has 4 heteroatoms. The zero-order chi connectivity index (χ0) is 23.9. The lowest BCUT2D eigenvalue weighted by Crippen LogP contribution is -3.00. The fraction of sp³-hybridized carbons (Fsp3) is 0.400. The number of benzene rings is 3. The van der Waals surface area contributed by atoms with Crippen LogP contribution in [0.1, 0.15) is 48.0 Å². The quantitative estimate of drug-likeness (QED) is 0.191. The third-order valence-corrected chi connectivity index (χ3v) is 17.9. The van der Waals surface area contributed by atoms with Crippen molar-refractivity contribution in [2.75, 3.05) is 12.8 Å². The Morgan fingerprint density at radius 2 is 0.912 bits per heavy atom. The van der Waals surface area contributed by atoms with E-state index in [1.807, 2.05) is 0 Å². The molecule has 0 N–H and O–H groups in total.